The molecule has 5 nitrogen and oxygen atoms in total. The van der Waals surface area contributed by atoms with Crippen LogP contribution in [0, 0.1) is 0 Å². The van der Waals surface area contributed by atoms with Crippen molar-refractivity contribution in [1.82, 2.24) is 0 Å². The summed E-state index contributed by atoms with van der Waals surface area (Å²) in [5.41, 5.74) is 2.03. The van der Waals surface area contributed by atoms with E-state index in [-0.39, 0.29) is 12.2 Å². The zero-order valence-electron chi connectivity index (χ0n) is 17.9. The second-order valence-electron chi connectivity index (χ2n) is 7.40. The number of ether oxygens (including phenoxy) is 3. The highest BCUT2D eigenvalue weighted by Gasteiger charge is 2.28. The van der Waals surface area contributed by atoms with Gasteiger partial charge in [0.2, 0.25) is 0 Å². The van der Waals surface area contributed by atoms with Crippen LogP contribution in [0.4, 0.5) is 0 Å². The molecule has 0 aliphatic carbocycles. The predicted octanol–water partition coefficient (Wildman–Crippen LogP) is 5.16. The van der Waals surface area contributed by atoms with E-state index < -0.39 is 14.3 Å². The molecule has 0 heterocycles. The second-order valence-corrected chi connectivity index (χ2v) is 13.1. The number of rotatable bonds is 14. The molecule has 162 valence electrons. The molecule has 0 aliphatic rings. The third kappa shape index (κ3) is 11.4. The molecule has 7 heteroatoms. The molecule has 1 aromatic carbocycles. The summed E-state index contributed by atoms with van der Waals surface area (Å²) in [6.07, 6.45) is 2.81. The smallest absolute Gasteiger partial charge is 0.333 e. The topological polar surface area (TPSA) is 54.0 Å². The molecular formula is C22H33BrO5Si. The molecule has 0 aliphatic heterocycles. The van der Waals surface area contributed by atoms with E-state index in [0.717, 1.165) is 16.1 Å². The Labute approximate surface area is 184 Å². The molecule has 2 atom stereocenters. The third-order valence-corrected chi connectivity index (χ3v) is 9.60. The first kappa shape index (κ1) is 25.6. The van der Waals surface area contributed by atoms with Crippen molar-refractivity contribution in [3.8, 4) is 0 Å². The summed E-state index contributed by atoms with van der Waals surface area (Å²) in [5.74, 6) is -0.433. The normalized spacial score (nSPS) is 13.8. The summed E-state index contributed by atoms with van der Waals surface area (Å²) in [6.45, 7) is 13.3. The first-order valence-corrected chi connectivity index (χ1v) is 14.0. The number of benzene rings is 1. The Kier molecular flexibility index (Phi) is 12.1. The standard InChI is InChI=1S/C22H33BrO5Si/c1-6-26-22(24)12-13-27-20(16-25-15-19-10-8-7-9-11-19)14-21(18(2)3)28-29(4,5)17-23/h7-13,20-21H,2,6,14-17H2,1,3-5H3/b13-12+/t20-,21+/m1/s1. The monoisotopic (exact) mass is 484 g/mol. The largest absolute Gasteiger partial charge is 0.495 e. The Balaban J connectivity index is 2.75. The van der Waals surface area contributed by atoms with Crippen LogP contribution < -0.4 is 0 Å². The van der Waals surface area contributed by atoms with Crippen molar-refractivity contribution >= 4 is 30.2 Å². The molecule has 0 aromatic heterocycles. The van der Waals surface area contributed by atoms with E-state index in [2.05, 4.69) is 35.6 Å². The van der Waals surface area contributed by atoms with Crippen LogP contribution in [0.25, 0.3) is 0 Å². The van der Waals surface area contributed by atoms with Crippen molar-refractivity contribution in [2.24, 2.45) is 0 Å². The highest BCUT2D eigenvalue weighted by molar-refractivity contribution is 9.09. The lowest BCUT2D eigenvalue weighted by atomic mass is 10.1. The molecule has 0 fully saturated rings. The van der Waals surface area contributed by atoms with Crippen LogP contribution in [-0.4, -0.2) is 44.7 Å². The number of carbonyl (C=O) groups is 1. The first-order valence-electron chi connectivity index (χ1n) is 9.77. The van der Waals surface area contributed by atoms with Gasteiger partial charge in [-0.05, 0) is 32.5 Å². The number of hydrogen-bond acceptors (Lipinski definition) is 5. The molecule has 29 heavy (non-hydrogen) atoms. The summed E-state index contributed by atoms with van der Waals surface area (Å²) in [7, 11) is -1.85. The molecule has 0 spiro atoms. The number of hydrogen-bond donors (Lipinski definition) is 0. The molecule has 0 radical (unpaired) electrons. The first-order chi connectivity index (χ1) is 13.8. The minimum Gasteiger partial charge on any atom is -0.495 e. The number of esters is 1. The van der Waals surface area contributed by atoms with Gasteiger partial charge in [0.05, 0.1) is 38.3 Å². The van der Waals surface area contributed by atoms with Gasteiger partial charge in [0, 0.05) is 11.4 Å². The lowest BCUT2D eigenvalue weighted by molar-refractivity contribution is -0.137. The summed E-state index contributed by atoms with van der Waals surface area (Å²) < 4.78 is 22.9. The molecule has 0 N–H and O–H groups in total. The maximum Gasteiger partial charge on any atom is 0.333 e. The molecule has 0 amide bonds. The van der Waals surface area contributed by atoms with E-state index in [1.54, 1.807) is 6.92 Å². The van der Waals surface area contributed by atoms with Gasteiger partial charge < -0.3 is 18.6 Å². The summed E-state index contributed by atoms with van der Waals surface area (Å²) in [4.78, 5) is 12.4. The summed E-state index contributed by atoms with van der Waals surface area (Å²) in [6, 6.07) is 9.96. The van der Waals surface area contributed by atoms with Crippen LogP contribution in [0.3, 0.4) is 0 Å². The highest BCUT2D eigenvalue weighted by atomic mass is 79.9. The van der Waals surface area contributed by atoms with Crippen LogP contribution in [-0.2, 0) is 30.0 Å². The van der Waals surface area contributed by atoms with Gasteiger partial charge in [-0.25, -0.2) is 4.79 Å². The molecule has 0 saturated carbocycles. The van der Waals surface area contributed by atoms with Gasteiger partial charge in [-0.15, -0.1) is 0 Å². The maximum absolute atomic E-state index is 11.5. The Morgan fingerprint density at radius 1 is 1.28 bits per heavy atom. The fraction of sp³-hybridized carbons (Fsp3) is 0.500. The minimum absolute atomic E-state index is 0.143. The van der Waals surface area contributed by atoms with Gasteiger partial charge in [0.25, 0.3) is 0 Å². The second kappa shape index (κ2) is 13.7. The number of carbonyl (C=O) groups excluding carboxylic acids is 1. The third-order valence-electron chi connectivity index (χ3n) is 3.99. The van der Waals surface area contributed by atoms with E-state index in [1.807, 2.05) is 37.3 Å². The number of halogens is 1. The van der Waals surface area contributed by atoms with E-state index in [9.17, 15) is 4.79 Å². The molecule has 0 unspecified atom stereocenters. The van der Waals surface area contributed by atoms with Crippen molar-refractivity contribution in [2.75, 3.05) is 18.2 Å². The Hall–Kier alpha value is -1.41. The van der Waals surface area contributed by atoms with E-state index in [4.69, 9.17) is 18.6 Å². The van der Waals surface area contributed by atoms with Crippen LogP contribution in [0.15, 0.2) is 54.8 Å². The quantitative estimate of drug-likeness (QED) is 0.0911. The maximum atomic E-state index is 11.5. The van der Waals surface area contributed by atoms with Crippen LogP contribution in [0.2, 0.25) is 13.1 Å². The average molecular weight is 485 g/mol. The fourth-order valence-electron chi connectivity index (χ4n) is 2.45. The predicted molar refractivity (Wildman–Crippen MR) is 122 cm³/mol. The minimum atomic E-state index is -1.85. The lowest BCUT2D eigenvalue weighted by Gasteiger charge is -2.30. The SMILES string of the molecule is C=C(C)[C@H](C[C@H](COCc1ccccc1)O/C=C/C(=O)OCC)O[Si](C)(C)CBr. The summed E-state index contributed by atoms with van der Waals surface area (Å²) >= 11 is 3.54. The van der Waals surface area contributed by atoms with E-state index in [1.165, 1.54) is 12.3 Å². The molecule has 1 aromatic rings. The van der Waals surface area contributed by atoms with Crippen molar-refractivity contribution in [1.29, 1.82) is 0 Å². The molecular weight excluding hydrogens is 452 g/mol. The lowest BCUT2D eigenvalue weighted by Crippen LogP contribution is -2.40. The summed E-state index contributed by atoms with van der Waals surface area (Å²) in [5, 5.41) is 0. The van der Waals surface area contributed by atoms with E-state index >= 15 is 0 Å². The van der Waals surface area contributed by atoms with Crippen molar-refractivity contribution in [3.05, 3.63) is 60.4 Å². The van der Waals surface area contributed by atoms with Gasteiger partial charge in [-0.2, -0.15) is 0 Å². The van der Waals surface area contributed by atoms with Crippen LogP contribution in [0.5, 0.6) is 0 Å². The molecule has 0 bridgehead atoms. The Bertz CT molecular complexity index is 648. The van der Waals surface area contributed by atoms with Gasteiger partial charge in [0.1, 0.15) is 6.10 Å². The van der Waals surface area contributed by atoms with Gasteiger partial charge in [-0.1, -0.05) is 58.4 Å². The fourth-order valence-corrected chi connectivity index (χ4v) is 3.97. The molecule has 0 saturated heterocycles. The highest BCUT2D eigenvalue weighted by Crippen LogP contribution is 2.21. The zero-order valence-corrected chi connectivity index (χ0v) is 20.4. The number of alkyl halides is 1. The van der Waals surface area contributed by atoms with Gasteiger partial charge in [-0.3, -0.25) is 0 Å². The van der Waals surface area contributed by atoms with Crippen molar-refractivity contribution in [2.45, 2.75) is 52.2 Å². The van der Waals surface area contributed by atoms with Crippen LogP contribution in [0.1, 0.15) is 25.8 Å². The van der Waals surface area contributed by atoms with Crippen molar-refractivity contribution < 1.29 is 23.4 Å². The van der Waals surface area contributed by atoms with Gasteiger partial charge in [0.15, 0.2) is 8.32 Å². The average Bonchev–Trinajstić information content (AvgIpc) is 2.68. The zero-order chi connectivity index (χ0) is 21.7. The van der Waals surface area contributed by atoms with Crippen molar-refractivity contribution in [3.63, 3.8) is 0 Å². The Morgan fingerprint density at radius 2 is 1.97 bits per heavy atom. The Morgan fingerprint density at radius 3 is 2.55 bits per heavy atom. The molecule has 1 rings (SSSR count). The van der Waals surface area contributed by atoms with Crippen LogP contribution >= 0.6 is 15.9 Å². The van der Waals surface area contributed by atoms with Gasteiger partial charge >= 0.3 is 5.97 Å². The van der Waals surface area contributed by atoms with E-state index in [0.29, 0.717) is 26.2 Å².